The summed E-state index contributed by atoms with van der Waals surface area (Å²) in [5.41, 5.74) is 5.76. The third-order valence-electron chi connectivity index (χ3n) is 3.06. The molecule has 7 heteroatoms. The SMILES string of the molecule is C#CCN(CC1CC1)S(=O)(=O)c1cc(N)cc(Br)c1F. The molecule has 0 amide bonds. The molecule has 2 rings (SSSR count). The van der Waals surface area contributed by atoms with Crippen molar-refractivity contribution in [1.29, 1.82) is 0 Å². The summed E-state index contributed by atoms with van der Waals surface area (Å²) < 4.78 is 40.3. The van der Waals surface area contributed by atoms with Gasteiger partial charge in [-0.05, 0) is 46.8 Å². The number of benzene rings is 1. The molecular weight excluding hydrogens is 347 g/mol. The highest BCUT2D eigenvalue weighted by Crippen LogP contribution is 2.33. The second-order valence-corrected chi connectivity index (χ2v) is 7.52. The van der Waals surface area contributed by atoms with Gasteiger partial charge in [-0.2, -0.15) is 4.31 Å². The van der Waals surface area contributed by atoms with E-state index in [1.54, 1.807) is 0 Å². The fourth-order valence-electron chi connectivity index (χ4n) is 1.85. The molecule has 0 aliphatic heterocycles. The van der Waals surface area contributed by atoms with Crippen molar-refractivity contribution in [3.05, 3.63) is 22.4 Å². The molecule has 1 aliphatic rings. The minimum Gasteiger partial charge on any atom is -0.399 e. The molecule has 2 N–H and O–H groups in total. The van der Waals surface area contributed by atoms with Gasteiger partial charge in [0, 0.05) is 12.2 Å². The van der Waals surface area contributed by atoms with Crippen LogP contribution < -0.4 is 5.73 Å². The van der Waals surface area contributed by atoms with Crippen molar-refractivity contribution in [3.8, 4) is 12.3 Å². The van der Waals surface area contributed by atoms with Crippen molar-refractivity contribution in [2.45, 2.75) is 17.7 Å². The van der Waals surface area contributed by atoms with E-state index in [9.17, 15) is 12.8 Å². The fraction of sp³-hybridized carbons (Fsp3) is 0.385. The Kier molecular flexibility index (Phi) is 4.37. The predicted octanol–water partition coefficient (Wildman–Crippen LogP) is 2.20. The van der Waals surface area contributed by atoms with Crippen LogP contribution >= 0.6 is 15.9 Å². The molecule has 0 heterocycles. The lowest BCUT2D eigenvalue weighted by Gasteiger charge is -2.20. The van der Waals surface area contributed by atoms with Crippen molar-refractivity contribution in [2.75, 3.05) is 18.8 Å². The topological polar surface area (TPSA) is 63.4 Å². The highest BCUT2D eigenvalue weighted by Gasteiger charge is 2.33. The number of hydrogen-bond acceptors (Lipinski definition) is 3. The lowest BCUT2D eigenvalue weighted by Crippen LogP contribution is -2.34. The number of nitrogens with two attached hydrogens (primary N) is 1. The Morgan fingerprint density at radius 2 is 2.15 bits per heavy atom. The first-order chi connectivity index (χ1) is 9.36. The molecule has 1 aromatic carbocycles. The monoisotopic (exact) mass is 360 g/mol. The van der Waals surface area contributed by atoms with Crippen LogP contribution in [-0.2, 0) is 10.0 Å². The van der Waals surface area contributed by atoms with Gasteiger partial charge in [-0.3, -0.25) is 0 Å². The summed E-state index contributed by atoms with van der Waals surface area (Å²) in [6.07, 6.45) is 7.16. The molecule has 0 saturated heterocycles. The molecule has 0 unspecified atom stereocenters. The van der Waals surface area contributed by atoms with Gasteiger partial charge in [0.2, 0.25) is 10.0 Å². The number of sulfonamides is 1. The molecule has 1 fully saturated rings. The molecule has 0 spiro atoms. The number of terminal acetylenes is 1. The third kappa shape index (κ3) is 3.14. The van der Waals surface area contributed by atoms with E-state index in [1.807, 2.05) is 0 Å². The average Bonchev–Trinajstić information content (AvgIpc) is 3.17. The van der Waals surface area contributed by atoms with Crippen molar-refractivity contribution < 1.29 is 12.8 Å². The highest BCUT2D eigenvalue weighted by molar-refractivity contribution is 9.10. The molecule has 0 atom stereocenters. The normalized spacial score (nSPS) is 15.3. The van der Waals surface area contributed by atoms with Crippen LogP contribution in [0.25, 0.3) is 0 Å². The zero-order valence-corrected chi connectivity index (χ0v) is 13.0. The van der Waals surface area contributed by atoms with Gasteiger partial charge in [-0.1, -0.05) is 5.92 Å². The Morgan fingerprint density at radius 3 is 2.70 bits per heavy atom. The zero-order valence-electron chi connectivity index (χ0n) is 10.6. The lowest BCUT2D eigenvalue weighted by molar-refractivity contribution is 0.425. The molecule has 0 aromatic heterocycles. The molecular formula is C13H14BrFN2O2S. The van der Waals surface area contributed by atoms with E-state index < -0.39 is 20.7 Å². The van der Waals surface area contributed by atoms with Crippen LogP contribution in [0.5, 0.6) is 0 Å². The molecule has 1 aliphatic carbocycles. The van der Waals surface area contributed by atoms with Gasteiger partial charge in [0.15, 0.2) is 5.82 Å². The molecule has 4 nitrogen and oxygen atoms in total. The van der Waals surface area contributed by atoms with Crippen LogP contribution in [0.15, 0.2) is 21.5 Å². The Labute approximate surface area is 126 Å². The lowest BCUT2D eigenvalue weighted by atomic mass is 10.3. The van der Waals surface area contributed by atoms with Crippen LogP contribution in [0.2, 0.25) is 0 Å². The Morgan fingerprint density at radius 1 is 1.50 bits per heavy atom. The third-order valence-corrected chi connectivity index (χ3v) is 5.45. The van der Waals surface area contributed by atoms with Gasteiger partial charge >= 0.3 is 0 Å². The highest BCUT2D eigenvalue weighted by atomic mass is 79.9. The van der Waals surface area contributed by atoms with Crippen molar-refractivity contribution in [2.24, 2.45) is 5.92 Å². The van der Waals surface area contributed by atoms with Crippen LogP contribution in [-0.4, -0.2) is 25.8 Å². The van der Waals surface area contributed by atoms with Crippen molar-refractivity contribution >= 4 is 31.6 Å². The van der Waals surface area contributed by atoms with Crippen LogP contribution in [0.1, 0.15) is 12.8 Å². The Balaban J connectivity index is 2.44. The number of anilines is 1. The summed E-state index contributed by atoms with van der Waals surface area (Å²) in [6.45, 7) is 0.239. The first-order valence-electron chi connectivity index (χ1n) is 6.04. The van der Waals surface area contributed by atoms with E-state index in [2.05, 4.69) is 21.9 Å². The number of rotatable bonds is 5. The second-order valence-electron chi connectivity index (χ2n) is 4.76. The van der Waals surface area contributed by atoms with Gasteiger partial charge < -0.3 is 5.73 Å². The van der Waals surface area contributed by atoms with E-state index in [-0.39, 0.29) is 16.7 Å². The molecule has 1 saturated carbocycles. The standard InChI is InChI=1S/C13H14BrFN2O2S/c1-2-5-17(8-9-3-4-9)20(18,19)12-7-10(16)6-11(14)13(12)15/h1,6-7,9H,3-5,8,16H2. The molecule has 108 valence electrons. The quantitative estimate of drug-likeness (QED) is 0.646. The van der Waals surface area contributed by atoms with Crippen molar-refractivity contribution in [1.82, 2.24) is 4.31 Å². The molecule has 0 radical (unpaired) electrons. The fourth-order valence-corrected chi connectivity index (χ4v) is 4.01. The molecule has 20 heavy (non-hydrogen) atoms. The summed E-state index contributed by atoms with van der Waals surface area (Å²) in [6, 6.07) is 2.44. The maximum Gasteiger partial charge on any atom is 0.246 e. The number of hydrogen-bond donors (Lipinski definition) is 1. The minimum absolute atomic E-state index is 0.0168. The van der Waals surface area contributed by atoms with Crippen molar-refractivity contribution in [3.63, 3.8) is 0 Å². The summed E-state index contributed by atoms with van der Waals surface area (Å²) >= 11 is 2.96. The number of nitrogens with zero attached hydrogens (tertiary/aromatic N) is 1. The predicted molar refractivity (Wildman–Crippen MR) is 78.8 cm³/mol. The van der Waals surface area contributed by atoms with Gasteiger partial charge in [0.1, 0.15) is 4.90 Å². The average molecular weight is 361 g/mol. The summed E-state index contributed by atoms with van der Waals surface area (Å²) in [5, 5.41) is 0. The molecule has 1 aromatic rings. The minimum atomic E-state index is -3.99. The second kappa shape index (κ2) is 5.72. The van der Waals surface area contributed by atoms with E-state index in [1.165, 1.54) is 6.07 Å². The van der Waals surface area contributed by atoms with Crippen LogP contribution in [0.3, 0.4) is 0 Å². The van der Waals surface area contributed by atoms with Gasteiger partial charge in [0.25, 0.3) is 0 Å². The first-order valence-corrected chi connectivity index (χ1v) is 8.27. The summed E-state index contributed by atoms with van der Waals surface area (Å²) in [4.78, 5) is -0.444. The number of halogens is 2. The van der Waals surface area contributed by atoms with Gasteiger partial charge in [0.05, 0.1) is 11.0 Å². The van der Waals surface area contributed by atoms with Crippen LogP contribution in [0.4, 0.5) is 10.1 Å². The maximum absolute atomic E-state index is 14.1. The first kappa shape index (κ1) is 15.3. The van der Waals surface area contributed by atoms with Gasteiger partial charge in [-0.15, -0.1) is 6.42 Å². The summed E-state index contributed by atoms with van der Waals surface area (Å²) in [7, 11) is -3.99. The smallest absolute Gasteiger partial charge is 0.246 e. The van der Waals surface area contributed by atoms with Gasteiger partial charge in [-0.25, -0.2) is 12.8 Å². The van der Waals surface area contributed by atoms with E-state index in [0.717, 1.165) is 23.2 Å². The van der Waals surface area contributed by atoms with E-state index in [0.29, 0.717) is 12.5 Å². The van der Waals surface area contributed by atoms with E-state index >= 15 is 0 Å². The maximum atomic E-state index is 14.1. The van der Waals surface area contributed by atoms with E-state index in [4.69, 9.17) is 12.2 Å². The number of nitrogen functional groups attached to an aromatic ring is 1. The largest absolute Gasteiger partial charge is 0.399 e. The Hall–Kier alpha value is -1.10. The molecule has 0 bridgehead atoms. The zero-order chi connectivity index (χ0) is 14.9. The Bertz CT molecular complexity index is 666. The summed E-state index contributed by atoms with van der Waals surface area (Å²) in [5.74, 6) is 1.77. The van der Waals surface area contributed by atoms with Crippen LogP contribution in [0, 0.1) is 24.1 Å².